The van der Waals surface area contributed by atoms with Gasteiger partial charge in [0, 0.05) is 0 Å². The Hall–Kier alpha value is -1.63. The number of rotatable bonds is 5. The number of sulfone groups is 1. The highest BCUT2D eigenvalue weighted by atomic mass is 32.2. The van der Waals surface area contributed by atoms with E-state index in [1.54, 1.807) is 19.1 Å². The van der Waals surface area contributed by atoms with Gasteiger partial charge in [0.1, 0.15) is 6.61 Å². The maximum atomic E-state index is 11.8. The van der Waals surface area contributed by atoms with Gasteiger partial charge >= 0.3 is 0 Å². The van der Waals surface area contributed by atoms with E-state index < -0.39 is 27.3 Å². The third-order valence-electron chi connectivity index (χ3n) is 2.21. The van der Waals surface area contributed by atoms with Crippen LogP contribution in [0, 0.1) is 24.0 Å². The molecule has 0 aromatic heterocycles. The first-order valence-corrected chi connectivity index (χ1v) is 6.55. The molecule has 6 nitrogen and oxygen atoms in total. The largest absolute Gasteiger partial charge is 0.313 e. The summed E-state index contributed by atoms with van der Waals surface area (Å²) >= 11 is 0. The fourth-order valence-electron chi connectivity index (χ4n) is 1.48. The second-order valence-electron chi connectivity index (χ2n) is 3.64. The first-order valence-electron chi connectivity index (χ1n) is 4.90. The Morgan fingerprint density at radius 3 is 2.53 bits per heavy atom. The predicted molar refractivity (Wildman–Crippen MR) is 60.9 cm³/mol. The molecular weight excluding hydrogens is 246 g/mol. The van der Waals surface area contributed by atoms with Crippen LogP contribution in [0.3, 0.4) is 0 Å². The molecule has 17 heavy (non-hydrogen) atoms. The van der Waals surface area contributed by atoms with Crippen molar-refractivity contribution in [3.63, 3.8) is 0 Å². The van der Waals surface area contributed by atoms with Crippen LogP contribution >= 0.6 is 0 Å². The SMILES string of the molecule is Cc1ccc(S(=O)(=O)CCO[N+](=O)[O-])c(C)c1. The highest BCUT2D eigenvalue weighted by molar-refractivity contribution is 7.91. The van der Waals surface area contributed by atoms with Gasteiger partial charge in [-0.25, -0.2) is 8.42 Å². The summed E-state index contributed by atoms with van der Waals surface area (Å²) in [6, 6.07) is 4.95. The lowest BCUT2D eigenvalue weighted by Gasteiger charge is -2.07. The summed E-state index contributed by atoms with van der Waals surface area (Å²) in [7, 11) is -3.53. The van der Waals surface area contributed by atoms with Crippen molar-refractivity contribution in [3.05, 3.63) is 39.4 Å². The monoisotopic (exact) mass is 259 g/mol. The highest BCUT2D eigenvalue weighted by Crippen LogP contribution is 2.17. The van der Waals surface area contributed by atoms with Gasteiger partial charge in [0.15, 0.2) is 9.84 Å². The lowest BCUT2D eigenvalue weighted by Crippen LogP contribution is -2.15. The molecule has 0 aliphatic rings. The Labute approximate surface area is 99.2 Å². The smallest absolute Gasteiger partial charge is 0.294 e. The van der Waals surface area contributed by atoms with Crippen LogP contribution in [0.5, 0.6) is 0 Å². The van der Waals surface area contributed by atoms with E-state index in [4.69, 9.17) is 0 Å². The number of benzene rings is 1. The van der Waals surface area contributed by atoms with E-state index in [2.05, 4.69) is 4.84 Å². The molecule has 0 spiro atoms. The van der Waals surface area contributed by atoms with E-state index in [1.165, 1.54) is 6.07 Å². The van der Waals surface area contributed by atoms with Crippen molar-refractivity contribution in [2.24, 2.45) is 0 Å². The minimum Gasteiger partial charge on any atom is -0.313 e. The quantitative estimate of drug-likeness (QED) is 0.587. The molecule has 0 amide bonds. The van der Waals surface area contributed by atoms with E-state index in [1.807, 2.05) is 6.92 Å². The maximum absolute atomic E-state index is 11.8. The minimum atomic E-state index is -3.53. The molecule has 0 radical (unpaired) electrons. The van der Waals surface area contributed by atoms with Crippen LogP contribution in [-0.4, -0.2) is 25.9 Å². The van der Waals surface area contributed by atoms with Crippen molar-refractivity contribution in [2.75, 3.05) is 12.4 Å². The third-order valence-corrected chi connectivity index (χ3v) is 4.05. The van der Waals surface area contributed by atoms with Gasteiger partial charge in [-0.3, -0.25) is 0 Å². The van der Waals surface area contributed by atoms with Crippen LogP contribution in [0.25, 0.3) is 0 Å². The molecule has 0 aliphatic heterocycles. The zero-order valence-corrected chi connectivity index (χ0v) is 10.4. The molecule has 0 fully saturated rings. The van der Waals surface area contributed by atoms with Gasteiger partial charge in [0.2, 0.25) is 0 Å². The molecule has 94 valence electrons. The third kappa shape index (κ3) is 3.70. The summed E-state index contributed by atoms with van der Waals surface area (Å²) < 4.78 is 23.7. The zero-order valence-electron chi connectivity index (χ0n) is 9.54. The molecule has 0 saturated carbocycles. The Morgan fingerprint density at radius 1 is 1.35 bits per heavy atom. The predicted octanol–water partition coefficient (Wildman–Crippen LogP) is 1.29. The van der Waals surface area contributed by atoms with Gasteiger partial charge in [0.05, 0.1) is 10.6 Å². The normalized spacial score (nSPS) is 11.2. The van der Waals surface area contributed by atoms with Crippen molar-refractivity contribution in [1.82, 2.24) is 0 Å². The second kappa shape index (κ2) is 5.13. The molecular formula is C10H13NO5S. The number of hydrogen-bond acceptors (Lipinski definition) is 5. The average molecular weight is 259 g/mol. The Bertz CT molecular complexity index is 523. The standard InChI is InChI=1S/C10H13NO5S/c1-8-3-4-10(9(2)7-8)17(14,15)6-5-16-11(12)13/h3-4,7H,5-6H2,1-2H3. The summed E-state index contributed by atoms with van der Waals surface area (Å²) in [5, 5.41) is 8.92. The van der Waals surface area contributed by atoms with Crippen molar-refractivity contribution >= 4 is 9.84 Å². The Morgan fingerprint density at radius 2 is 2.00 bits per heavy atom. The lowest BCUT2D eigenvalue weighted by atomic mass is 10.2. The molecule has 7 heteroatoms. The summed E-state index contributed by atoms with van der Waals surface area (Å²) in [5.41, 5.74) is 1.59. The maximum Gasteiger partial charge on any atom is 0.294 e. The fourth-order valence-corrected chi connectivity index (χ4v) is 2.82. The molecule has 0 bridgehead atoms. The molecule has 0 N–H and O–H groups in total. The molecule has 0 aliphatic carbocycles. The second-order valence-corrected chi connectivity index (χ2v) is 5.72. The van der Waals surface area contributed by atoms with E-state index in [0.29, 0.717) is 5.56 Å². The van der Waals surface area contributed by atoms with Crippen LogP contribution in [-0.2, 0) is 14.7 Å². The lowest BCUT2D eigenvalue weighted by molar-refractivity contribution is -0.756. The van der Waals surface area contributed by atoms with Gasteiger partial charge in [0.25, 0.3) is 5.09 Å². The van der Waals surface area contributed by atoms with Gasteiger partial charge in [-0.15, -0.1) is 10.1 Å². The van der Waals surface area contributed by atoms with Crippen LogP contribution in [0.15, 0.2) is 23.1 Å². The van der Waals surface area contributed by atoms with Gasteiger partial charge in [-0.05, 0) is 25.5 Å². The van der Waals surface area contributed by atoms with Crippen molar-refractivity contribution < 1.29 is 18.3 Å². The molecule has 0 saturated heterocycles. The molecule has 1 aromatic rings. The van der Waals surface area contributed by atoms with E-state index in [0.717, 1.165) is 5.56 Å². The molecule has 0 unspecified atom stereocenters. The molecule has 0 atom stereocenters. The number of aryl methyl sites for hydroxylation is 2. The summed E-state index contributed by atoms with van der Waals surface area (Å²) in [6.07, 6.45) is 0. The van der Waals surface area contributed by atoms with Gasteiger partial charge in [-0.1, -0.05) is 17.7 Å². The summed E-state index contributed by atoms with van der Waals surface area (Å²) in [5.74, 6) is -0.405. The van der Waals surface area contributed by atoms with Crippen molar-refractivity contribution in [1.29, 1.82) is 0 Å². The molecule has 0 heterocycles. The first kappa shape index (κ1) is 13.4. The van der Waals surface area contributed by atoms with Gasteiger partial charge in [-0.2, -0.15) is 0 Å². The zero-order chi connectivity index (χ0) is 13.1. The highest BCUT2D eigenvalue weighted by Gasteiger charge is 2.17. The first-order chi connectivity index (χ1) is 7.83. The Balaban J connectivity index is 2.86. The van der Waals surface area contributed by atoms with Crippen molar-refractivity contribution in [3.8, 4) is 0 Å². The fraction of sp³-hybridized carbons (Fsp3) is 0.400. The molecule has 1 rings (SSSR count). The van der Waals surface area contributed by atoms with Crippen molar-refractivity contribution in [2.45, 2.75) is 18.7 Å². The van der Waals surface area contributed by atoms with Crippen LogP contribution in [0.4, 0.5) is 0 Å². The van der Waals surface area contributed by atoms with Crippen LogP contribution in [0.1, 0.15) is 11.1 Å². The minimum absolute atomic E-state index is 0.190. The summed E-state index contributed by atoms with van der Waals surface area (Å²) in [6.45, 7) is 3.09. The van der Waals surface area contributed by atoms with E-state index in [-0.39, 0.29) is 4.90 Å². The van der Waals surface area contributed by atoms with E-state index >= 15 is 0 Å². The Kier molecular flexibility index (Phi) is 4.06. The number of nitrogens with zero attached hydrogens (tertiary/aromatic N) is 1. The number of hydrogen-bond donors (Lipinski definition) is 0. The van der Waals surface area contributed by atoms with Crippen LogP contribution in [0.2, 0.25) is 0 Å². The average Bonchev–Trinajstić information content (AvgIpc) is 2.15. The van der Waals surface area contributed by atoms with E-state index in [9.17, 15) is 18.5 Å². The topological polar surface area (TPSA) is 86.5 Å². The summed E-state index contributed by atoms with van der Waals surface area (Å²) in [4.78, 5) is 14.1. The van der Waals surface area contributed by atoms with Crippen LogP contribution < -0.4 is 0 Å². The van der Waals surface area contributed by atoms with Gasteiger partial charge < -0.3 is 4.84 Å². The molecule has 1 aromatic carbocycles.